The molecule has 1 aromatic heterocycles. The van der Waals surface area contributed by atoms with E-state index in [1.165, 1.54) is 24.3 Å². The molecule has 0 saturated heterocycles. The number of aromatic carboxylic acids is 1. The number of benzene rings is 1. The first-order chi connectivity index (χ1) is 9.47. The molecule has 7 nitrogen and oxygen atoms in total. The van der Waals surface area contributed by atoms with E-state index in [2.05, 4.69) is 4.98 Å². The van der Waals surface area contributed by atoms with Crippen LogP contribution < -0.4 is 4.74 Å². The maximum Gasteiger partial charge on any atom is 0.335 e. The maximum atomic E-state index is 10.9. The van der Waals surface area contributed by atoms with E-state index in [-0.39, 0.29) is 17.1 Å². The number of ether oxygens (including phenoxy) is 1. The summed E-state index contributed by atoms with van der Waals surface area (Å²) in [4.78, 5) is 24.6. The number of hydrogen-bond donors (Lipinski definition) is 1. The fraction of sp³-hybridized carbons (Fsp3) is 0. The van der Waals surface area contributed by atoms with Gasteiger partial charge in [-0.1, -0.05) is 0 Å². The molecule has 0 unspecified atom stereocenters. The summed E-state index contributed by atoms with van der Waals surface area (Å²) in [7, 11) is 0. The van der Waals surface area contributed by atoms with Crippen LogP contribution in [-0.4, -0.2) is 21.0 Å². The fourth-order valence-corrected chi connectivity index (χ4v) is 1.81. The number of nitrogens with zero attached hydrogens (tertiary/aromatic N) is 2. The minimum Gasteiger partial charge on any atom is -0.478 e. The zero-order valence-corrected chi connectivity index (χ0v) is 12.0. The molecule has 8 heteroatoms. The Kier molecular flexibility index (Phi) is 4.13. The first-order valence-corrected chi connectivity index (χ1v) is 6.36. The van der Waals surface area contributed by atoms with Crippen molar-refractivity contribution >= 4 is 34.2 Å². The van der Waals surface area contributed by atoms with E-state index in [9.17, 15) is 14.9 Å². The van der Waals surface area contributed by atoms with E-state index in [0.717, 1.165) is 6.20 Å². The van der Waals surface area contributed by atoms with Crippen LogP contribution in [-0.2, 0) is 0 Å². The topological polar surface area (TPSA) is 103 Å². The molecule has 0 radical (unpaired) electrons. The van der Waals surface area contributed by atoms with Crippen LogP contribution in [0, 0.1) is 13.7 Å². The highest BCUT2D eigenvalue weighted by Crippen LogP contribution is 2.27. The molecule has 0 atom stereocenters. The molecule has 1 aromatic carbocycles. The molecule has 0 bridgehead atoms. The lowest BCUT2D eigenvalue weighted by molar-refractivity contribution is -0.385. The SMILES string of the molecule is O=C(O)c1ccc(I)c(Oc2ccc([N+](=O)[O-])cn2)c1. The summed E-state index contributed by atoms with van der Waals surface area (Å²) in [6.45, 7) is 0. The number of rotatable bonds is 4. The molecule has 0 spiro atoms. The van der Waals surface area contributed by atoms with Gasteiger partial charge in [0.15, 0.2) is 0 Å². The van der Waals surface area contributed by atoms with Crippen LogP contribution in [0.25, 0.3) is 0 Å². The molecule has 102 valence electrons. The lowest BCUT2D eigenvalue weighted by Crippen LogP contribution is -1.98. The average molecular weight is 386 g/mol. The van der Waals surface area contributed by atoms with E-state index >= 15 is 0 Å². The molecule has 2 rings (SSSR count). The third-order valence-corrected chi connectivity index (χ3v) is 3.22. The minimum atomic E-state index is -1.07. The Morgan fingerprint density at radius 3 is 2.65 bits per heavy atom. The van der Waals surface area contributed by atoms with Crippen molar-refractivity contribution in [2.45, 2.75) is 0 Å². The van der Waals surface area contributed by atoms with Gasteiger partial charge in [-0.05, 0) is 40.8 Å². The van der Waals surface area contributed by atoms with Crippen molar-refractivity contribution in [2.75, 3.05) is 0 Å². The van der Waals surface area contributed by atoms with Gasteiger partial charge in [0, 0.05) is 12.1 Å². The van der Waals surface area contributed by atoms with Crippen LogP contribution in [0.15, 0.2) is 36.5 Å². The second kappa shape index (κ2) is 5.82. The summed E-state index contributed by atoms with van der Waals surface area (Å²) in [5.41, 5.74) is -0.0614. The Labute approximate surface area is 126 Å². The number of halogens is 1. The zero-order chi connectivity index (χ0) is 14.7. The normalized spacial score (nSPS) is 10.1. The average Bonchev–Trinajstić information content (AvgIpc) is 2.41. The van der Waals surface area contributed by atoms with E-state index in [0.29, 0.717) is 9.32 Å². The molecule has 0 aliphatic carbocycles. The van der Waals surface area contributed by atoms with Crippen LogP contribution in [0.1, 0.15) is 10.4 Å². The third-order valence-electron chi connectivity index (χ3n) is 2.32. The molecule has 2 aromatic rings. The number of aromatic nitrogens is 1. The van der Waals surface area contributed by atoms with Gasteiger partial charge < -0.3 is 9.84 Å². The summed E-state index contributed by atoms with van der Waals surface area (Å²) >= 11 is 1.99. The quantitative estimate of drug-likeness (QED) is 0.492. The summed E-state index contributed by atoms with van der Waals surface area (Å²) < 4.78 is 6.13. The monoisotopic (exact) mass is 386 g/mol. The lowest BCUT2D eigenvalue weighted by atomic mass is 10.2. The van der Waals surface area contributed by atoms with Gasteiger partial charge in [0.25, 0.3) is 5.69 Å². The van der Waals surface area contributed by atoms with Gasteiger partial charge in [0.05, 0.1) is 14.1 Å². The second-order valence-electron chi connectivity index (χ2n) is 3.66. The predicted octanol–water partition coefficient (Wildman–Crippen LogP) is 3.08. The Morgan fingerprint density at radius 2 is 2.10 bits per heavy atom. The van der Waals surface area contributed by atoms with Crippen molar-refractivity contribution in [1.82, 2.24) is 4.98 Å². The largest absolute Gasteiger partial charge is 0.478 e. The Hall–Kier alpha value is -2.23. The van der Waals surface area contributed by atoms with Crippen molar-refractivity contribution in [3.05, 3.63) is 55.8 Å². The molecule has 1 N–H and O–H groups in total. The first kappa shape index (κ1) is 14.2. The van der Waals surface area contributed by atoms with E-state index < -0.39 is 10.9 Å². The van der Waals surface area contributed by atoms with Crippen molar-refractivity contribution < 1.29 is 19.6 Å². The number of pyridine rings is 1. The molecule has 20 heavy (non-hydrogen) atoms. The van der Waals surface area contributed by atoms with Crippen LogP contribution in [0.3, 0.4) is 0 Å². The van der Waals surface area contributed by atoms with E-state index in [1.807, 2.05) is 22.6 Å². The van der Waals surface area contributed by atoms with Gasteiger partial charge in [0.1, 0.15) is 11.9 Å². The Morgan fingerprint density at radius 1 is 1.35 bits per heavy atom. The minimum absolute atomic E-state index is 0.0855. The van der Waals surface area contributed by atoms with Gasteiger partial charge in [-0.25, -0.2) is 9.78 Å². The third kappa shape index (κ3) is 3.20. The van der Waals surface area contributed by atoms with Gasteiger partial charge >= 0.3 is 5.97 Å². The molecule has 0 saturated carbocycles. The highest BCUT2D eigenvalue weighted by atomic mass is 127. The second-order valence-corrected chi connectivity index (χ2v) is 4.83. The van der Waals surface area contributed by atoms with Crippen molar-refractivity contribution in [3.63, 3.8) is 0 Å². The van der Waals surface area contributed by atoms with E-state index in [1.54, 1.807) is 6.07 Å². The number of carbonyl (C=O) groups is 1. The maximum absolute atomic E-state index is 10.9. The standard InChI is InChI=1S/C12H7IN2O5/c13-9-3-1-7(12(16)17)5-10(9)20-11-4-2-8(6-14-11)15(18)19/h1-6H,(H,16,17). The number of nitro groups is 1. The number of hydrogen-bond acceptors (Lipinski definition) is 5. The first-order valence-electron chi connectivity index (χ1n) is 5.28. The zero-order valence-electron chi connectivity index (χ0n) is 9.82. The molecule has 0 aliphatic heterocycles. The van der Waals surface area contributed by atoms with Crippen LogP contribution in [0.4, 0.5) is 5.69 Å². The highest BCUT2D eigenvalue weighted by molar-refractivity contribution is 14.1. The van der Waals surface area contributed by atoms with Crippen molar-refractivity contribution in [3.8, 4) is 11.6 Å². The molecular formula is C12H7IN2O5. The van der Waals surface area contributed by atoms with Gasteiger partial charge in [-0.2, -0.15) is 0 Å². The van der Waals surface area contributed by atoms with Gasteiger partial charge in [-0.15, -0.1) is 0 Å². The van der Waals surface area contributed by atoms with Crippen molar-refractivity contribution in [1.29, 1.82) is 0 Å². The summed E-state index contributed by atoms with van der Waals surface area (Å²) in [5, 5.41) is 19.4. The molecule has 0 fully saturated rings. The summed E-state index contributed by atoms with van der Waals surface area (Å²) in [6.07, 6.45) is 1.07. The van der Waals surface area contributed by atoms with Crippen LogP contribution >= 0.6 is 22.6 Å². The fourth-order valence-electron chi connectivity index (χ4n) is 1.37. The predicted molar refractivity (Wildman–Crippen MR) is 77.1 cm³/mol. The lowest BCUT2D eigenvalue weighted by Gasteiger charge is -2.07. The number of carboxylic acids is 1. The highest BCUT2D eigenvalue weighted by Gasteiger charge is 2.11. The smallest absolute Gasteiger partial charge is 0.335 e. The Balaban J connectivity index is 2.27. The molecule has 0 aliphatic rings. The summed E-state index contributed by atoms with van der Waals surface area (Å²) in [6, 6.07) is 7.04. The molecule has 1 heterocycles. The van der Waals surface area contributed by atoms with E-state index in [4.69, 9.17) is 9.84 Å². The molecule has 0 amide bonds. The van der Waals surface area contributed by atoms with Crippen LogP contribution in [0.5, 0.6) is 11.6 Å². The Bertz CT molecular complexity index is 672. The van der Waals surface area contributed by atoms with Gasteiger partial charge in [-0.3, -0.25) is 10.1 Å². The van der Waals surface area contributed by atoms with Gasteiger partial charge in [0.2, 0.25) is 5.88 Å². The number of carboxylic acid groups (broad SMARTS) is 1. The van der Waals surface area contributed by atoms with Crippen molar-refractivity contribution in [2.24, 2.45) is 0 Å². The molecular weight excluding hydrogens is 379 g/mol. The summed E-state index contributed by atoms with van der Waals surface area (Å²) in [5.74, 6) is -0.592. The van der Waals surface area contributed by atoms with Crippen LogP contribution in [0.2, 0.25) is 0 Å².